The summed E-state index contributed by atoms with van der Waals surface area (Å²) in [7, 11) is 0. The molecular formula is C6H9NO6. The number of hydrogen-bond donors (Lipinski definition) is 2. The molecule has 2 N–H and O–H groups in total. The van der Waals surface area contributed by atoms with Gasteiger partial charge in [0.1, 0.15) is 0 Å². The van der Waals surface area contributed by atoms with Gasteiger partial charge in [0, 0.05) is 18.3 Å². The second-order valence-corrected chi connectivity index (χ2v) is 2.73. The normalized spacial score (nSPS) is 14.5. The molecular weight excluding hydrogens is 182 g/mol. The first kappa shape index (κ1) is 11.3. The number of nitrogens with zero attached hydrogens (tertiary/aromatic N) is 1. The third-order valence-electron chi connectivity index (χ3n) is 1.69. The molecule has 7 heteroatoms. The standard InChI is InChI=1S/C6H9NO6/c1-6(5(10)11,7(12)13)3-2-4(8)9/h2-3H2,1H3,(H,8,9)(H,10,11)/t6-/m1/s1. The topological polar surface area (TPSA) is 118 Å². The van der Waals surface area contributed by atoms with E-state index in [4.69, 9.17) is 10.2 Å². The van der Waals surface area contributed by atoms with E-state index in [2.05, 4.69) is 0 Å². The van der Waals surface area contributed by atoms with Crippen LogP contribution in [0.4, 0.5) is 0 Å². The Balaban J connectivity index is 4.52. The minimum Gasteiger partial charge on any atom is -0.481 e. The van der Waals surface area contributed by atoms with Gasteiger partial charge < -0.3 is 10.2 Å². The van der Waals surface area contributed by atoms with Crippen LogP contribution in [-0.2, 0) is 9.59 Å². The van der Waals surface area contributed by atoms with Crippen LogP contribution in [0.3, 0.4) is 0 Å². The molecule has 0 amide bonds. The van der Waals surface area contributed by atoms with Crippen LogP contribution >= 0.6 is 0 Å². The van der Waals surface area contributed by atoms with Gasteiger partial charge in [-0.1, -0.05) is 0 Å². The molecule has 0 aliphatic rings. The van der Waals surface area contributed by atoms with Crippen LogP contribution in [0.5, 0.6) is 0 Å². The molecule has 0 aromatic heterocycles. The highest BCUT2D eigenvalue weighted by molar-refractivity contribution is 5.77. The average Bonchev–Trinajstić information content (AvgIpc) is 1.99. The molecule has 0 aliphatic carbocycles. The van der Waals surface area contributed by atoms with E-state index in [0.29, 0.717) is 0 Å². The number of nitro groups is 1. The van der Waals surface area contributed by atoms with Crippen LogP contribution in [0.1, 0.15) is 19.8 Å². The zero-order valence-electron chi connectivity index (χ0n) is 6.89. The molecule has 7 nitrogen and oxygen atoms in total. The SMILES string of the molecule is C[C@@](CCC(=O)O)(C(=O)O)[N+](=O)[O-]. The lowest BCUT2D eigenvalue weighted by atomic mass is 9.97. The molecule has 13 heavy (non-hydrogen) atoms. The Labute approximate surface area is 73.1 Å². The second kappa shape index (κ2) is 3.83. The van der Waals surface area contributed by atoms with Gasteiger partial charge in [0.25, 0.3) is 0 Å². The molecule has 74 valence electrons. The third-order valence-corrected chi connectivity index (χ3v) is 1.69. The molecule has 0 spiro atoms. The van der Waals surface area contributed by atoms with E-state index in [1.165, 1.54) is 0 Å². The number of aliphatic carboxylic acids is 2. The van der Waals surface area contributed by atoms with Crippen LogP contribution in [0.2, 0.25) is 0 Å². The molecule has 0 rings (SSSR count). The molecule has 0 aliphatic heterocycles. The van der Waals surface area contributed by atoms with Crippen LogP contribution in [-0.4, -0.2) is 32.6 Å². The highest BCUT2D eigenvalue weighted by Gasteiger charge is 2.46. The maximum atomic E-state index is 10.4. The number of carboxylic acids is 2. The van der Waals surface area contributed by atoms with Gasteiger partial charge >= 0.3 is 17.5 Å². The van der Waals surface area contributed by atoms with Gasteiger partial charge in [-0.2, -0.15) is 0 Å². The second-order valence-electron chi connectivity index (χ2n) is 2.73. The van der Waals surface area contributed by atoms with Crippen LogP contribution in [0.15, 0.2) is 0 Å². The molecule has 0 heterocycles. The van der Waals surface area contributed by atoms with Crippen molar-refractivity contribution in [2.45, 2.75) is 25.3 Å². The summed E-state index contributed by atoms with van der Waals surface area (Å²) in [4.78, 5) is 29.8. The largest absolute Gasteiger partial charge is 0.481 e. The van der Waals surface area contributed by atoms with Crippen molar-refractivity contribution < 1.29 is 24.7 Å². The fraction of sp³-hybridized carbons (Fsp3) is 0.667. The molecule has 0 aromatic carbocycles. The summed E-state index contributed by atoms with van der Waals surface area (Å²) in [6, 6.07) is 0. The average molecular weight is 191 g/mol. The van der Waals surface area contributed by atoms with E-state index in [1.54, 1.807) is 0 Å². The minimum absolute atomic E-state index is 0.523. The zero-order chi connectivity index (χ0) is 10.6. The number of carboxylic acid groups (broad SMARTS) is 2. The number of rotatable bonds is 5. The van der Waals surface area contributed by atoms with E-state index in [0.717, 1.165) is 6.92 Å². The smallest absolute Gasteiger partial charge is 0.382 e. The van der Waals surface area contributed by atoms with E-state index in [1.807, 2.05) is 0 Å². The molecule has 1 atom stereocenters. The lowest BCUT2D eigenvalue weighted by Crippen LogP contribution is -2.43. The molecule has 0 saturated heterocycles. The Morgan fingerprint density at radius 1 is 1.46 bits per heavy atom. The lowest BCUT2D eigenvalue weighted by Gasteiger charge is -2.14. The molecule has 0 bridgehead atoms. The summed E-state index contributed by atoms with van der Waals surface area (Å²) in [5.74, 6) is -2.88. The fourth-order valence-corrected chi connectivity index (χ4v) is 0.627. The summed E-state index contributed by atoms with van der Waals surface area (Å²) >= 11 is 0. The van der Waals surface area contributed by atoms with Gasteiger partial charge in [0.15, 0.2) is 0 Å². The fourth-order valence-electron chi connectivity index (χ4n) is 0.627. The molecule has 0 fully saturated rings. The summed E-state index contributed by atoms with van der Waals surface area (Å²) in [5.41, 5.74) is -2.21. The summed E-state index contributed by atoms with van der Waals surface area (Å²) in [6.45, 7) is 0.887. The Morgan fingerprint density at radius 3 is 2.15 bits per heavy atom. The van der Waals surface area contributed by atoms with E-state index in [9.17, 15) is 19.7 Å². The Bertz CT molecular complexity index is 234. The van der Waals surface area contributed by atoms with Crippen LogP contribution < -0.4 is 0 Å². The zero-order valence-corrected chi connectivity index (χ0v) is 6.89. The van der Waals surface area contributed by atoms with Crippen molar-refractivity contribution in [2.24, 2.45) is 0 Å². The first-order valence-corrected chi connectivity index (χ1v) is 3.40. The molecule has 0 unspecified atom stereocenters. The molecule has 0 aromatic rings. The predicted molar refractivity (Wildman–Crippen MR) is 39.9 cm³/mol. The summed E-state index contributed by atoms with van der Waals surface area (Å²) in [5, 5.41) is 27.0. The first-order valence-electron chi connectivity index (χ1n) is 3.40. The molecule has 0 radical (unpaired) electrons. The van der Waals surface area contributed by atoms with Crippen molar-refractivity contribution in [3.05, 3.63) is 10.1 Å². The van der Waals surface area contributed by atoms with Crippen molar-refractivity contribution in [3.63, 3.8) is 0 Å². The highest BCUT2D eigenvalue weighted by atomic mass is 16.6. The lowest BCUT2D eigenvalue weighted by molar-refractivity contribution is -0.551. The monoisotopic (exact) mass is 191 g/mol. The van der Waals surface area contributed by atoms with Crippen molar-refractivity contribution >= 4 is 11.9 Å². The van der Waals surface area contributed by atoms with E-state index in [-0.39, 0.29) is 0 Å². The highest BCUT2D eigenvalue weighted by Crippen LogP contribution is 2.16. The van der Waals surface area contributed by atoms with Gasteiger partial charge in [-0.05, 0) is 0 Å². The summed E-state index contributed by atoms with van der Waals surface area (Å²) < 4.78 is 0. The van der Waals surface area contributed by atoms with Crippen LogP contribution in [0, 0.1) is 10.1 Å². The van der Waals surface area contributed by atoms with Crippen molar-refractivity contribution in [2.75, 3.05) is 0 Å². The minimum atomic E-state index is -2.21. The van der Waals surface area contributed by atoms with E-state index < -0.39 is 35.2 Å². The maximum Gasteiger partial charge on any atom is 0.382 e. The van der Waals surface area contributed by atoms with Crippen molar-refractivity contribution in [3.8, 4) is 0 Å². The predicted octanol–water partition coefficient (Wildman–Crippen LogP) is -0.0288. The van der Waals surface area contributed by atoms with Crippen LogP contribution in [0.25, 0.3) is 0 Å². The molecule has 0 saturated carbocycles. The maximum absolute atomic E-state index is 10.4. The van der Waals surface area contributed by atoms with Crippen molar-refractivity contribution in [1.82, 2.24) is 0 Å². The van der Waals surface area contributed by atoms with Gasteiger partial charge in [0.2, 0.25) is 0 Å². The quantitative estimate of drug-likeness (QED) is 0.465. The Kier molecular flexibility index (Phi) is 3.34. The van der Waals surface area contributed by atoms with Gasteiger partial charge in [-0.15, -0.1) is 0 Å². The van der Waals surface area contributed by atoms with E-state index >= 15 is 0 Å². The Hall–Kier alpha value is -1.66. The Morgan fingerprint density at radius 2 is 1.92 bits per heavy atom. The van der Waals surface area contributed by atoms with Gasteiger partial charge in [0.05, 0.1) is 6.42 Å². The summed E-state index contributed by atoms with van der Waals surface area (Å²) in [6.07, 6.45) is -1.06. The van der Waals surface area contributed by atoms with Gasteiger partial charge in [-0.3, -0.25) is 14.9 Å². The van der Waals surface area contributed by atoms with Crippen molar-refractivity contribution in [1.29, 1.82) is 0 Å². The van der Waals surface area contributed by atoms with Gasteiger partial charge in [-0.25, -0.2) is 4.79 Å². The number of carbonyl (C=O) groups is 2. The number of hydrogen-bond acceptors (Lipinski definition) is 4. The first-order chi connectivity index (χ1) is 5.80. The third kappa shape index (κ3) is 2.69.